The van der Waals surface area contributed by atoms with Gasteiger partial charge < -0.3 is 9.84 Å². The molecule has 0 bridgehead atoms. The summed E-state index contributed by atoms with van der Waals surface area (Å²) >= 11 is 0. The molecular weight excluding hydrogens is 230 g/mol. The number of nitrogens with zero attached hydrogens (tertiary/aromatic N) is 1. The summed E-state index contributed by atoms with van der Waals surface area (Å²) in [5.74, 6) is 1.93. The van der Waals surface area contributed by atoms with Crippen LogP contribution < -0.4 is 4.90 Å². The van der Waals surface area contributed by atoms with E-state index in [1.165, 1.54) is 4.90 Å². The van der Waals surface area contributed by atoms with Gasteiger partial charge in [0.1, 0.15) is 19.9 Å². The van der Waals surface area contributed by atoms with E-state index in [4.69, 9.17) is 16.3 Å². The van der Waals surface area contributed by atoms with Gasteiger partial charge in [-0.3, -0.25) is 9.69 Å². The number of aryl methyl sites for hydroxylation is 2. The number of para-hydroxylation sites is 1. The summed E-state index contributed by atoms with van der Waals surface area (Å²) < 4.78 is 5.19. The number of terminal acetylenes is 1. The first-order valence-corrected chi connectivity index (χ1v) is 5.60. The zero-order valence-corrected chi connectivity index (χ0v) is 10.6. The van der Waals surface area contributed by atoms with Crippen LogP contribution in [0.15, 0.2) is 18.2 Å². The largest absolute Gasteiger partial charge is 0.387 e. The van der Waals surface area contributed by atoms with Gasteiger partial charge in [0.15, 0.2) is 0 Å². The third-order valence-corrected chi connectivity index (χ3v) is 2.55. The Morgan fingerprint density at radius 1 is 1.44 bits per heavy atom. The van der Waals surface area contributed by atoms with Crippen molar-refractivity contribution in [1.29, 1.82) is 0 Å². The number of anilines is 1. The Morgan fingerprint density at radius 3 is 2.56 bits per heavy atom. The maximum absolute atomic E-state index is 11.8. The van der Waals surface area contributed by atoms with E-state index in [0.717, 1.165) is 16.8 Å². The molecule has 1 aromatic carbocycles. The van der Waals surface area contributed by atoms with Gasteiger partial charge in [0, 0.05) is 0 Å². The summed E-state index contributed by atoms with van der Waals surface area (Å²) in [6, 6.07) is 5.72. The molecule has 1 N–H and O–H groups in total. The molecule has 18 heavy (non-hydrogen) atoms. The lowest BCUT2D eigenvalue weighted by Gasteiger charge is -2.25. The molecule has 0 heterocycles. The Labute approximate surface area is 107 Å². The molecule has 0 aromatic heterocycles. The number of amides is 1. The van der Waals surface area contributed by atoms with E-state index in [1.807, 2.05) is 32.0 Å². The Bertz CT molecular complexity index is 442. The molecule has 0 aliphatic carbocycles. The molecule has 0 spiro atoms. The maximum Gasteiger partial charge on any atom is 0.254 e. The molecule has 0 saturated carbocycles. The van der Waals surface area contributed by atoms with Crippen molar-refractivity contribution in [2.75, 3.05) is 24.8 Å². The molecule has 0 fully saturated rings. The zero-order chi connectivity index (χ0) is 13.5. The summed E-state index contributed by atoms with van der Waals surface area (Å²) in [4.78, 5) is 13.2. The number of ether oxygens (including phenoxy) is 1. The Kier molecular flexibility index (Phi) is 5.37. The summed E-state index contributed by atoms with van der Waals surface area (Å²) in [6.45, 7) is 3.41. The molecule has 4 nitrogen and oxygen atoms in total. The van der Waals surface area contributed by atoms with Gasteiger partial charge >= 0.3 is 0 Å². The molecule has 0 radical (unpaired) electrons. The number of rotatable bonds is 5. The summed E-state index contributed by atoms with van der Waals surface area (Å²) in [5, 5.41) is 9.02. The van der Waals surface area contributed by atoms with Gasteiger partial charge in [0.05, 0.1) is 5.69 Å². The van der Waals surface area contributed by atoms with Gasteiger partial charge in [-0.15, -0.1) is 6.42 Å². The molecule has 1 amide bonds. The summed E-state index contributed by atoms with van der Waals surface area (Å²) in [5.41, 5.74) is 2.65. The number of hydrogen-bond acceptors (Lipinski definition) is 3. The van der Waals surface area contributed by atoms with Crippen molar-refractivity contribution in [1.82, 2.24) is 0 Å². The van der Waals surface area contributed by atoms with E-state index in [-0.39, 0.29) is 13.3 Å². The number of hydrogen-bond donors (Lipinski definition) is 1. The number of aliphatic hydroxyl groups is 1. The fourth-order valence-corrected chi connectivity index (χ4v) is 1.77. The second-order valence-corrected chi connectivity index (χ2v) is 3.90. The average molecular weight is 247 g/mol. The van der Waals surface area contributed by atoms with Crippen LogP contribution in [0, 0.1) is 26.2 Å². The van der Waals surface area contributed by atoms with Crippen LogP contribution in [0.3, 0.4) is 0 Å². The maximum atomic E-state index is 11.8. The predicted octanol–water partition coefficient (Wildman–Crippen LogP) is 1.24. The second-order valence-electron chi connectivity index (χ2n) is 3.90. The van der Waals surface area contributed by atoms with Crippen LogP contribution in [0.2, 0.25) is 0 Å². The molecule has 0 saturated heterocycles. The van der Waals surface area contributed by atoms with Crippen molar-refractivity contribution in [3.05, 3.63) is 29.3 Å². The van der Waals surface area contributed by atoms with Gasteiger partial charge in [0.25, 0.3) is 5.91 Å². The van der Waals surface area contributed by atoms with E-state index < -0.39 is 12.5 Å². The minimum atomic E-state index is -0.562. The van der Waals surface area contributed by atoms with E-state index in [0.29, 0.717) is 0 Å². The average Bonchev–Trinajstić information content (AvgIpc) is 2.36. The van der Waals surface area contributed by atoms with E-state index in [2.05, 4.69) is 5.92 Å². The van der Waals surface area contributed by atoms with Crippen LogP contribution in [0.5, 0.6) is 0 Å². The SMILES string of the molecule is C#CCOCN(C(=O)CO)c1c(C)cccc1C. The number of aliphatic hydroxyl groups excluding tert-OH is 1. The number of carbonyl (C=O) groups is 1. The van der Waals surface area contributed by atoms with E-state index >= 15 is 0 Å². The highest BCUT2D eigenvalue weighted by Crippen LogP contribution is 2.24. The number of benzene rings is 1. The summed E-state index contributed by atoms with van der Waals surface area (Å²) in [6.07, 6.45) is 5.09. The quantitative estimate of drug-likeness (QED) is 0.484. The first kappa shape index (κ1) is 14.2. The Hall–Kier alpha value is -1.83. The third-order valence-electron chi connectivity index (χ3n) is 2.55. The van der Waals surface area contributed by atoms with Crippen molar-refractivity contribution in [3.63, 3.8) is 0 Å². The van der Waals surface area contributed by atoms with E-state index in [1.54, 1.807) is 0 Å². The smallest absolute Gasteiger partial charge is 0.254 e. The molecule has 1 aromatic rings. The van der Waals surface area contributed by atoms with Crippen LogP contribution in [-0.2, 0) is 9.53 Å². The lowest BCUT2D eigenvalue weighted by Crippen LogP contribution is -2.36. The molecule has 96 valence electrons. The highest BCUT2D eigenvalue weighted by Gasteiger charge is 2.18. The molecule has 1 rings (SSSR count). The first-order chi connectivity index (χ1) is 8.61. The lowest BCUT2D eigenvalue weighted by atomic mass is 10.1. The fraction of sp³-hybridized carbons (Fsp3) is 0.357. The van der Waals surface area contributed by atoms with E-state index in [9.17, 15) is 4.79 Å². The summed E-state index contributed by atoms with van der Waals surface area (Å²) in [7, 11) is 0. The van der Waals surface area contributed by atoms with Crippen LogP contribution in [-0.4, -0.2) is 31.0 Å². The molecule has 4 heteroatoms. The minimum absolute atomic E-state index is 0.0370. The van der Waals surface area contributed by atoms with Crippen molar-refractivity contribution in [2.24, 2.45) is 0 Å². The minimum Gasteiger partial charge on any atom is -0.387 e. The number of carbonyl (C=O) groups excluding carboxylic acids is 1. The fourth-order valence-electron chi connectivity index (χ4n) is 1.77. The molecule has 0 aliphatic rings. The Balaban J connectivity index is 3.02. The van der Waals surface area contributed by atoms with Crippen molar-refractivity contribution in [3.8, 4) is 12.3 Å². The highest BCUT2D eigenvalue weighted by atomic mass is 16.5. The second kappa shape index (κ2) is 6.80. The zero-order valence-electron chi connectivity index (χ0n) is 10.6. The van der Waals surface area contributed by atoms with Gasteiger partial charge in [0.2, 0.25) is 0 Å². The van der Waals surface area contributed by atoms with Gasteiger partial charge in [-0.25, -0.2) is 0 Å². The third kappa shape index (κ3) is 3.33. The molecular formula is C14H17NO3. The normalized spacial score (nSPS) is 9.89. The first-order valence-electron chi connectivity index (χ1n) is 5.60. The van der Waals surface area contributed by atoms with Crippen molar-refractivity contribution >= 4 is 11.6 Å². The van der Waals surface area contributed by atoms with Gasteiger partial charge in [-0.05, 0) is 25.0 Å². The monoisotopic (exact) mass is 247 g/mol. The van der Waals surface area contributed by atoms with Crippen LogP contribution in [0.25, 0.3) is 0 Å². The Morgan fingerprint density at radius 2 is 2.06 bits per heavy atom. The van der Waals surface area contributed by atoms with Gasteiger partial charge in [-0.2, -0.15) is 0 Å². The van der Waals surface area contributed by atoms with Crippen molar-refractivity contribution < 1.29 is 14.6 Å². The molecule has 0 aliphatic heterocycles. The van der Waals surface area contributed by atoms with Gasteiger partial charge in [-0.1, -0.05) is 24.1 Å². The lowest BCUT2D eigenvalue weighted by molar-refractivity contribution is -0.122. The van der Waals surface area contributed by atoms with Crippen LogP contribution in [0.1, 0.15) is 11.1 Å². The van der Waals surface area contributed by atoms with Crippen molar-refractivity contribution in [2.45, 2.75) is 13.8 Å². The van der Waals surface area contributed by atoms with Crippen LogP contribution >= 0.6 is 0 Å². The molecule has 0 atom stereocenters. The predicted molar refractivity (Wildman–Crippen MR) is 70.1 cm³/mol. The highest BCUT2D eigenvalue weighted by molar-refractivity contribution is 5.95. The topological polar surface area (TPSA) is 49.8 Å². The van der Waals surface area contributed by atoms with Crippen LogP contribution in [0.4, 0.5) is 5.69 Å². The standard InChI is InChI=1S/C14H17NO3/c1-4-8-18-10-15(13(17)9-16)14-11(2)6-5-7-12(14)3/h1,5-7,16H,8-10H2,2-3H3. The molecule has 0 unspecified atom stereocenters.